The Morgan fingerprint density at radius 1 is 0.800 bits per heavy atom. The van der Waals surface area contributed by atoms with E-state index in [-0.39, 0.29) is 28.3 Å². The molecule has 0 aromatic carbocycles. The third-order valence-corrected chi connectivity index (χ3v) is 3.42. The van der Waals surface area contributed by atoms with E-state index < -0.39 is 22.5 Å². The van der Waals surface area contributed by atoms with Gasteiger partial charge in [0.05, 0.1) is 0 Å². The highest BCUT2D eigenvalue weighted by Gasteiger charge is 2.13. The highest BCUT2D eigenvalue weighted by molar-refractivity contribution is 6.28. The van der Waals surface area contributed by atoms with Crippen LogP contribution in [0.25, 0.3) is 11.9 Å². The SMILES string of the molecule is Cc1cn(-c2nc(Cl)nc(-n3cc(C)c(=O)[nH]c3=O)n2)c(=O)[nH]c1=O. The van der Waals surface area contributed by atoms with E-state index >= 15 is 0 Å². The van der Waals surface area contributed by atoms with Gasteiger partial charge in [-0.05, 0) is 25.4 Å². The maximum Gasteiger partial charge on any atom is 0.335 e. The van der Waals surface area contributed by atoms with Crippen LogP contribution in [0, 0.1) is 13.8 Å². The van der Waals surface area contributed by atoms with E-state index in [0.29, 0.717) is 0 Å². The third kappa shape index (κ3) is 3.04. The van der Waals surface area contributed by atoms with Gasteiger partial charge in [0.25, 0.3) is 11.1 Å². The first-order valence-electron chi connectivity index (χ1n) is 6.84. The van der Waals surface area contributed by atoms with Crippen molar-refractivity contribution in [3.05, 3.63) is 70.5 Å². The van der Waals surface area contributed by atoms with Crippen LogP contribution in [0.4, 0.5) is 0 Å². The molecule has 25 heavy (non-hydrogen) atoms. The fraction of sp³-hybridized carbons (Fsp3) is 0.154. The molecule has 3 rings (SSSR count). The highest BCUT2D eigenvalue weighted by Crippen LogP contribution is 2.07. The van der Waals surface area contributed by atoms with Crippen molar-refractivity contribution >= 4 is 11.6 Å². The molecule has 0 aliphatic carbocycles. The van der Waals surface area contributed by atoms with Crippen molar-refractivity contribution in [2.45, 2.75) is 13.8 Å². The van der Waals surface area contributed by atoms with E-state index in [2.05, 4.69) is 24.9 Å². The number of hydrogen-bond donors (Lipinski definition) is 2. The normalized spacial score (nSPS) is 10.8. The predicted octanol–water partition coefficient (Wildman–Crippen LogP) is -1.18. The average molecular weight is 364 g/mol. The zero-order chi connectivity index (χ0) is 18.3. The van der Waals surface area contributed by atoms with Crippen LogP contribution < -0.4 is 22.5 Å². The molecule has 12 heteroatoms. The fourth-order valence-corrected chi connectivity index (χ4v) is 2.13. The summed E-state index contributed by atoms with van der Waals surface area (Å²) < 4.78 is 1.91. The van der Waals surface area contributed by atoms with Gasteiger partial charge in [0.15, 0.2) is 0 Å². The van der Waals surface area contributed by atoms with Crippen molar-refractivity contribution in [2.24, 2.45) is 0 Å². The van der Waals surface area contributed by atoms with Crippen LogP contribution in [0.5, 0.6) is 0 Å². The summed E-state index contributed by atoms with van der Waals surface area (Å²) in [4.78, 5) is 62.7. The molecule has 0 radical (unpaired) electrons. The lowest BCUT2D eigenvalue weighted by Gasteiger charge is -2.08. The molecule has 0 aliphatic rings. The van der Waals surface area contributed by atoms with E-state index in [4.69, 9.17) is 11.6 Å². The molecule has 0 spiro atoms. The van der Waals surface area contributed by atoms with Crippen LogP contribution in [-0.2, 0) is 0 Å². The van der Waals surface area contributed by atoms with Crippen molar-refractivity contribution in [1.29, 1.82) is 0 Å². The molecule has 3 aromatic heterocycles. The van der Waals surface area contributed by atoms with Gasteiger partial charge in [-0.15, -0.1) is 0 Å². The molecule has 0 saturated heterocycles. The van der Waals surface area contributed by atoms with Crippen molar-refractivity contribution in [3.63, 3.8) is 0 Å². The molecule has 0 saturated carbocycles. The van der Waals surface area contributed by atoms with E-state index in [0.717, 1.165) is 9.13 Å². The quantitative estimate of drug-likeness (QED) is 0.582. The standard InChI is InChI=1S/C13H10ClN7O4/c1-5-3-20(12(24)15-7(5)22)10-17-9(14)18-11(19-10)21-4-6(2)8(23)16-13(21)25/h3-4H,1-2H3,(H,15,22,24)(H,16,23,25). The number of halogens is 1. The Hall–Kier alpha value is -3.34. The average Bonchev–Trinajstić information content (AvgIpc) is 2.53. The van der Waals surface area contributed by atoms with E-state index in [9.17, 15) is 19.2 Å². The Kier molecular flexibility index (Phi) is 3.93. The molecular formula is C13H10ClN7O4. The summed E-state index contributed by atoms with van der Waals surface area (Å²) >= 11 is 5.86. The molecule has 0 fully saturated rings. The highest BCUT2D eigenvalue weighted by atomic mass is 35.5. The summed E-state index contributed by atoms with van der Waals surface area (Å²) in [5.74, 6) is -0.398. The fourth-order valence-electron chi connectivity index (χ4n) is 1.98. The molecule has 0 atom stereocenters. The summed E-state index contributed by atoms with van der Waals surface area (Å²) in [6.07, 6.45) is 2.47. The van der Waals surface area contributed by atoms with Crippen LogP contribution in [0.15, 0.2) is 31.6 Å². The summed E-state index contributed by atoms with van der Waals surface area (Å²) in [7, 11) is 0. The number of nitrogens with one attached hydrogen (secondary N) is 2. The minimum absolute atomic E-state index is 0.199. The molecule has 2 N–H and O–H groups in total. The maximum absolute atomic E-state index is 12.0. The lowest BCUT2D eigenvalue weighted by Crippen LogP contribution is -2.33. The molecule has 0 bridgehead atoms. The Labute approximate surface area is 142 Å². The monoisotopic (exact) mass is 363 g/mol. The second-order valence-corrected chi connectivity index (χ2v) is 5.43. The van der Waals surface area contributed by atoms with Crippen molar-refractivity contribution in [1.82, 2.24) is 34.1 Å². The van der Waals surface area contributed by atoms with Gasteiger partial charge in [0.2, 0.25) is 17.2 Å². The van der Waals surface area contributed by atoms with Gasteiger partial charge in [-0.2, -0.15) is 15.0 Å². The lowest BCUT2D eigenvalue weighted by atomic mass is 10.4. The first kappa shape index (κ1) is 16.5. The minimum Gasteiger partial charge on any atom is -0.273 e. The summed E-state index contributed by atoms with van der Waals surface area (Å²) in [6.45, 7) is 2.99. The Morgan fingerprint density at radius 3 is 1.60 bits per heavy atom. The molecular weight excluding hydrogens is 354 g/mol. The van der Waals surface area contributed by atoms with E-state index in [1.54, 1.807) is 0 Å². The number of aromatic nitrogens is 7. The van der Waals surface area contributed by atoms with Crippen LogP contribution in [0.1, 0.15) is 11.1 Å². The number of hydrogen-bond acceptors (Lipinski definition) is 7. The molecule has 11 nitrogen and oxygen atoms in total. The Bertz CT molecular complexity index is 1130. The summed E-state index contributed by atoms with van der Waals surface area (Å²) in [5, 5.41) is -0.286. The number of rotatable bonds is 2. The number of aryl methyl sites for hydroxylation is 2. The van der Waals surface area contributed by atoms with Gasteiger partial charge >= 0.3 is 11.4 Å². The molecule has 3 heterocycles. The smallest absolute Gasteiger partial charge is 0.273 e. The summed E-state index contributed by atoms with van der Waals surface area (Å²) in [6, 6.07) is 0. The van der Waals surface area contributed by atoms with Gasteiger partial charge in [-0.25, -0.2) is 18.7 Å². The van der Waals surface area contributed by atoms with Crippen LogP contribution in [0.3, 0.4) is 0 Å². The van der Waals surface area contributed by atoms with Gasteiger partial charge in [-0.3, -0.25) is 19.6 Å². The van der Waals surface area contributed by atoms with Gasteiger partial charge < -0.3 is 0 Å². The molecule has 0 aliphatic heterocycles. The van der Waals surface area contributed by atoms with Gasteiger partial charge in [-0.1, -0.05) is 0 Å². The number of H-pyrrole nitrogens is 2. The predicted molar refractivity (Wildman–Crippen MR) is 86.7 cm³/mol. The van der Waals surface area contributed by atoms with Crippen molar-refractivity contribution in [3.8, 4) is 11.9 Å². The zero-order valence-electron chi connectivity index (χ0n) is 12.9. The minimum atomic E-state index is -0.784. The number of nitrogens with zero attached hydrogens (tertiary/aromatic N) is 5. The topological polar surface area (TPSA) is 148 Å². The molecule has 0 unspecified atom stereocenters. The lowest BCUT2D eigenvalue weighted by molar-refractivity contribution is 0.763. The second-order valence-electron chi connectivity index (χ2n) is 5.09. The third-order valence-electron chi connectivity index (χ3n) is 3.26. The maximum atomic E-state index is 12.0. The van der Waals surface area contributed by atoms with Crippen molar-refractivity contribution in [2.75, 3.05) is 0 Å². The van der Waals surface area contributed by atoms with Crippen LogP contribution in [0.2, 0.25) is 5.28 Å². The molecule has 0 amide bonds. The number of aromatic amines is 2. The van der Waals surface area contributed by atoms with Crippen LogP contribution >= 0.6 is 11.6 Å². The van der Waals surface area contributed by atoms with Gasteiger partial charge in [0.1, 0.15) is 0 Å². The molecule has 3 aromatic rings. The molecule has 128 valence electrons. The summed E-state index contributed by atoms with van der Waals surface area (Å²) in [5.41, 5.74) is -2.17. The first-order valence-corrected chi connectivity index (χ1v) is 7.21. The zero-order valence-corrected chi connectivity index (χ0v) is 13.7. The Morgan fingerprint density at radius 2 is 1.20 bits per heavy atom. The van der Waals surface area contributed by atoms with E-state index in [1.807, 2.05) is 0 Å². The largest absolute Gasteiger partial charge is 0.335 e. The van der Waals surface area contributed by atoms with E-state index in [1.165, 1.54) is 26.2 Å². The first-order chi connectivity index (χ1) is 11.8. The van der Waals surface area contributed by atoms with Gasteiger partial charge in [0, 0.05) is 23.5 Å². The van der Waals surface area contributed by atoms with Crippen molar-refractivity contribution < 1.29 is 0 Å². The van der Waals surface area contributed by atoms with Crippen LogP contribution in [-0.4, -0.2) is 34.1 Å². The Balaban J connectivity index is 2.28. The second kappa shape index (κ2) is 5.94.